The van der Waals surface area contributed by atoms with Gasteiger partial charge in [0.05, 0.1) is 5.69 Å². The molecule has 2 aromatic carbocycles. The predicted octanol–water partition coefficient (Wildman–Crippen LogP) is 7.70. The highest BCUT2D eigenvalue weighted by Gasteiger charge is 2.24. The molecule has 5 aromatic rings. The molecule has 29 heavy (non-hydrogen) atoms. The van der Waals surface area contributed by atoms with Crippen molar-refractivity contribution in [3.8, 4) is 22.4 Å². The van der Waals surface area contributed by atoms with Gasteiger partial charge in [0.15, 0.2) is 0 Å². The van der Waals surface area contributed by atoms with E-state index in [1.54, 1.807) is 0 Å². The summed E-state index contributed by atoms with van der Waals surface area (Å²) >= 11 is 6.77. The van der Waals surface area contributed by atoms with Crippen molar-refractivity contribution in [2.75, 3.05) is 0 Å². The monoisotopic (exact) mass is 401 g/mol. The summed E-state index contributed by atoms with van der Waals surface area (Å²) in [5, 5.41) is 3.17. The predicted molar refractivity (Wildman–Crippen MR) is 124 cm³/mol. The summed E-state index contributed by atoms with van der Waals surface area (Å²) in [6.07, 6.45) is 3.99. The fraction of sp³-hybridized carbons (Fsp3) is 0.200. The first-order valence-corrected chi connectivity index (χ1v) is 10.4. The average molecular weight is 402 g/mol. The van der Waals surface area contributed by atoms with Crippen LogP contribution < -0.4 is 0 Å². The van der Waals surface area contributed by atoms with Crippen molar-refractivity contribution < 1.29 is 0 Å². The fourth-order valence-electron chi connectivity index (χ4n) is 4.64. The number of aromatic amines is 3. The van der Waals surface area contributed by atoms with Crippen molar-refractivity contribution in [2.45, 2.75) is 33.6 Å². The van der Waals surface area contributed by atoms with Gasteiger partial charge in [-0.15, -0.1) is 0 Å². The second kappa shape index (κ2) is 6.57. The largest absolute Gasteiger partial charge is 0.361 e. The second-order valence-corrected chi connectivity index (χ2v) is 8.59. The zero-order chi connectivity index (χ0) is 20.3. The molecule has 0 saturated carbocycles. The molecule has 0 fully saturated rings. The lowest BCUT2D eigenvalue weighted by Gasteiger charge is -2.15. The third-order valence-electron chi connectivity index (χ3n) is 5.82. The Labute approximate surface area is 175 Å². The molecule has 3 N–H and O–H groups in total. The Morgan fingerprint density at radius 1 is 0.828 bits per heavy atom. The average Bonchev–Trinajstić information content (AvgIpc) is 3.39. The topological polar surface area (TPSA) is 47.4 Å². The van der Waals surface area contributed by atoms with Crippen molar-refractivity contribution in [3.63, 3.8) is 0 Å². The first-order chi connectivity index (χ1) is 14.0. The van der Waals surface area contributed by atoms with Gasteiger partial charge in [0.1, 0.15) is 0 Å². The van der Waals surface area contributed by atoms with Gasteiger partial charge in [-0.1, -0.05) is 25.4 Å². The Bertz CT molecular complexity index is 1360. The number of benzene rings is 2. The molecule has 3 aromatic heterocycles. The molecule has 0 atom stereocenters. The van der Waals surface area contributed by atoms with E-state index in [4.69, 9.17) is 11.6 Å². The molecule has 3 heterocycles. The van der Waals surface area contributed by atoms with E-state index < -0.39 is 0 Å². The van der Waals surface area contributed by atoms with E-state index in [9.17, 15) is 0 Å². The third kappa shape index (κ3) is 2.72. The minimum Gasteiger partial charge on any atom is -0.361 e. The normalized spacial score (nSPS) is 11.9. The standard InChI is InChI=1S/C25H24ClN3/c1-13(2)22-23(24-17-8-10-27-20(17)6-5-19(24)26)15(4)29-25(22)18-11-14(3)12-21-16(18)7-9-28-21/h5-13,27-29H,1-4H3. The molecule has 146 valence electrons. The summed E-state index contributed by atoms with van der Waals surface area (Å²) in [5.74, 6) is 0.338. The smallest absolute Gasteiger partial charge is 0.0504 e. The van der Waals surface area contributed by atoms with Gasteiger partial charge in [0.25, 0.3) is 0 Å². The summed E-state index contributed by atoms with van der Waals surface area (Å²) in [7, 11) is 0. The molecule has 3 nitrogen and oxygen atoms in total. The van der Waals surface area contributed by atoms with E-state index in [2.05, 4.69) is 66.9 Å². The molecule has 5 rings (SSSR count). The first-order valence-electron chi connectivity index (χ1n) is 10.0. The molecule has 0 radical (unpaired) electrons. The molecule has 4 heteroatoms. The van der Waals surface area contributed by atoms with Crippen LogP contribution in [0.15, 0.2) is 48.8 Å². The third-order valence-corrected chi connectivity index (χ3v) is 6.13. The molecule has 0 amide bonds. The van der Waals surface area contributed by atoms with Crippen molar-refractivity contribution in [2.24, 2.45) is 0 Å². The van der Waals surface area contributed by atoms with Crippen molar-refractivity contribution in [1.29, 1.82) is 0 Å². The first kappa shape index (κ1) is 18.1. The van der Waals surface area contributed by atoms with Gasteiger partial charge in [-0.3, -0.25) is 0 Å². The lowest BCUT2D eigenvalue weighted by molar-refractivity contribution is 0.873. The van der Waals surface area contributed by atoms with Crippen molar-refractivity contribution >= 4 is 33.4 Å². The maximum atomic E-state index is 6.77. The van der Waals surface area contributed by atoms with Crippen LogP contribution >= 0.6 is 11.6 Å². The SMILES string of the molecule is Cc1cc(-c2[nH]c(C)c(-c3c(Cl)ccc4[nH]ccc34)c2C(C)C)c2cc[nH]c2c1. The van der Waals surface area contributed by atoms with Gasteiger partial charge in [-0.25, -0.2) is 0 Å². The van der Waals surface area contributed by atoms with Crippen molar-refractivity contribution in [3.05, 3.63) is 70.6 Å². The van der Waals surface area contributed by atoms with Gasteiger partial charge in [-0.05, 0) is 67.3 Å². The van der Waals surface area contributed by atoms with Gasteiger partial charge in [-0.2, -0.15) is 0 Å². The van der Waals surface area contributed by atoms with Crippen LogP contribution in [0.2, 0.25) is 5.02 Å². The van der Waals surface area contributed by atoms with E-state index in [1.807, 2.05) is 24.5 Å². The number of rotatable bonds is 3. The van der Waals surface area contributed by atoms with Gasteiger partial charge in [0.2, 0.25) is 0 Å². The number of aryl methyl sites for hydroxylation is 2. The van der Waals surface area contributed by atoms with Crippen LogP contribution in [-0.4, -0.2) is 15.0 Å². The van der Waals surface area contributed by atoms with Crippen LogP contribution in [0.3, 0.4) is 0 Å². The molecule has 0 spiro atoms. The number of halogens is 1. The van der Waals surface area contributed by atoms with Crippen LogP contribution in [0.4, 0.5) is 0 Å². The van der Waals surface area contributed by atoms with Crippen LogP contribution in [-0.2, 0) is 0 Å². The second-order valence-electron chi connectivity index (χ2n) is 8.18. The highest BCUT2D eigenvalue weighted by atomic mass is 35.5. The van der Waals surface area contributed by atoms with Crippen LogP contribution in [0.5, 0.6) is 0 Å². The Morgan fingerprint density at radius 2 is 1.55 bits per heavy atom. The Morgan fingerprint density at radius 3 is 2.31 bits per heavy atom. The molecule has 0 saturated heterocycles. The van der Waals surface area contributed by atoms with E-state index in [-0.39, 0.29) is 0 Å². The molecule has 0 aliphatic carbocycles. The van der Waals surface area contributed by atoms with E-state index in [0.29, 0.717) is 5.92 Å². The van der Waals surface area contributed by atoms with E-state index in [0.717, 1.165) is 32.7 Å². The highest BCUT2D eigenvalue weighted by Crippen LogP contribution is 2.46. The van der Waals surface area contributed by atoms with Crippen LogP contribution in [0, 0.1) is 13.8 Å². The highest BCUT2D eigenvalue weighted by molar-refractivity contribution is 6.35. The van der Waals surface area contributed by atoms with Gasteiger partial charge < -0.3 is 15.0 Å². The van der Waals surface area contributed by atoms with Gasteiger partial charge in [0, 0.05) is 61.6 Å². The summed E-state index contributed by atoms with van der Waals surface area (Å²) in [6, 6.07) is 12.8. The number of hydrogen-bond donors (Lipinski definition) is 3. The zero-order valence-corrected chi connectivity index (χ0v) is 17.8. The summed E-state index contributed by atoms with van der Waals surface area (Å²) in [5.41, 5.74) is 10.7. The molecular weight excluding hydrogens is 378 g/mol. The lowest BCUT2D eigenvalue weighted by atomic mass is 9.89. The minimum absolute atomic E-state index is 0.338. The summed E-state index contributed by atoms with van der Waals surface area (Å²) < 4.78 is 0. The van der Waals surface area contributed by atoms with E-state index in [1.165, 1.54) is 33.3 Å². The summed E-state index contributed by atoms with van der Waals surface area (Å²) in [4.78, 5) is 10.4. The Kier molecular flexibility index (Phi) is 4.11. The Hall–Kier alpha value is -2.91. The van der Waals surface area contributed by atoms with Crippen LogP contribution in [0.1, 0.15) is 36.6 Å². The molecular formula is C25H24ClN3. The zero-order valence-electron chi connectivity index (χ0n) is 17.1. The maximum Gasteiger partial charge on any atom is 0.0504 e. The Balaban J connectivity index is 1.88. The number of fused-ring (bicyclic) bond motifs is 2. The molecule has 0 unspecified atom stereocenters. The molecule has 0 bridgehead atoms. The number of aromatic nitrogens is 3. The number of hydrogen-bond acceptors (Lipinski definition) is 0. The van der Waals surface area contributed by atoms with Crippen molar-refractivity contribution in [1.82, 2.24) is 15.0 Å². The maximum absolute atomic E-state index is 6.77. The minimum atomic E-state index is 0.338. The number of nitrogens with one attached hydrogen (secondary N) is 3. The molecule has 0 aliphatic heterocycles. The summed E-state index contributed by atoms with van der Waals surface area (Å²) in [6.45, 7) is 8.80. The van der Waals surface area contributed by atoms with E-state index >= 15 is 0 Å². The quantitative estimate of drug-likeness (QED) is 0.277. The van der Waals surface area contributed by atoms with Crippen LogP contribution in [0.25, 0.3) is 44.2 Å². The fourth-order valence-corrected chi connectivity index (χ4v) is 4.89. The van der Waals surface area contributed by atoms with Gasteiger partial charge >= 0.3 is 0 Å². The lowest BCUT2D eigenvalue weighted by Crippen LogP contribution is -1.94. The number of H-pyrrole nitrogens is 3. The molecule has 0 aliphatic rings.